The maximum absolute atomic E-state index is 13.8. The summed E-state index contributed by atoms with van der Waals surface area (Å²) in [4.78, 5) is 0. The average Bonchev–Trinajstić information content (AvgIpc) is 2.28. The summed E-state index contributed by atoms with van der Waals surface area (Å²) in [6.07, 6.45) is -2.99. The van der Waals surface area contributed by atoms with Crippen LogP contribution in [0.3, 0.4) is 0 Å². The third kappa shape index (κ3) is 3.74. The molecule has 108 valence electrons. The lowest BCUT2D eigenvalue weighted by Crippen LogP contribution is -2.30. The van der Waals surface area contributed by atoms with E-state index in [2.05, 4.69) is 10.7 Å². The number of nitrogens with one attached hydrogen (secondary N) is 2. The van der Waals surface area contributed by atoms with E-state index in [0.29, 0.717) is 0 Å². The van der Waals surface area contributed by atoms with E-state index in [1.165, 1.54) is 26.8 Å². The zero-order chi connectivity index (χ0) is 14.8. The number of hydrazine groups is 1. The lowest BCUT2D eigenvalue weighted by Gasteiger charge is -2.23. The Labute approximate surface area is 109 Å². The molecule has 7 heteroatoms. The molecule has 1 rings (SSSR count). The molecule has 0 bridgehead atoms. The van der Waals surface area contributed by atoms with Crippen molar-refractivity contribution in [3.63, 3.8) is 0 Å². The second kappa shape index (κ2) is 5.66. The largest absolute Gasteiger partial charge is 0.389 e. The van der Waals surface area contributed by atoms with Crippen LogP contribution in [0.2, 0.25) is 0 Å². The Morgan fingerprint density at radius 3 is 2.42 bits per heavy atom. The number of aliphatic hydroxyl groups is 1. The van der Waals surface area contributed by atoms with Crippen molar-refractivity contribution in [3.05, 3.63) is 23.0 Å². The topological polar surface area (TPSA) is 70.3 Å². The van der Waals surface area contributed by atoms with Gasteiger partial charge >= 0.3 is 0 Å². The summed E-state index contributed by atoms with van der Waals surface area (Å²) in [6.45, 7) is 4.36. The highest BCUT2D eigenvalue weighted by Crippen LogP contribution is 2.37. The number of hydrogen-bond acceptors (Lipinski definition) is 4. The number of benzene rings is 1. The molecule has 0 unspecified atom stereocenters. The van der Waals surface area contributed by atoms with Gasteiger partial charge in [-0.1, -0.05) is 0 Å². The molecule has 0 aliphatic heterocycles. The fraction of sp³-hybridized carbons (Fsp3) is 0.500. The van der Waals surface area contributed by atoms with Crippen LogP contribution in [0.4, 0.5) is 24.5 Å². The summed E-state index contributed by atoms with van der Waals surface area (Å²) < 4.78 is 39.8. The van der Waals surface area contributed by atoms with Gasteiger partial charge in [0.1, 0.15) is 5.82 Å². The van der Waals surface area contributed by atoms with Crippen molar-refractivity contribution in [2.75, 3.05) is 17.3 Å². The van der Waals surface area contributed by atoms with Crippen LogP contribution in [0, 0.1) is 12.7 Å². The van der Waals surface area contributed by atoms with Gasteiger partial charge in [0.15, 0.2) is 0 Å². The predicted octanol–water partition coefficient (Wildman–Crippen LogP) is 2.54. The van der Waals surface area contributed by atoms with Crippen molar-refractivity contribution >= 4 is 11.4 Å². The standard InChI is InChI=1S/C12H18F3N3O/c1-6-4-7(18-16)10(17-5-12(2,3)19)8(9(6)13)11(14)15/h4,11,17-19H,5,16H2,1-3H3. The molecule has 0 fully saturated rings. The quantitative estimate of drug-likeness (QED) is 0.493. The highest BCUT2D eigenvalue weighted by molar-refractivity contribution is 5.74. The molecule has 0 radical (unpaired) electrons. The van der Waals surface area contributed by atoms with E-state index in [9.17, 15) is 18.3 Å². The van der Waals surface area contributed by atoms with Gasteiger partial charge in [0.05, 0.1) is 22.5 Å². The molecule has 0 aliphatic carbocycles. The summed E-state index contributed by atoms with van der Waals surface area (Å²) in [6, 6.07) is 1.33. The van der Waals surface area contributed by atoms with Gasteiger partial charge in [-0.15, -0.1) is 0 Å². The molecule has 19 heavy (non-hydrogen) atoms. The highest BCUT2D eigenvalue weighted by Gasteiger charge is 2.24. The molecule has 1 aromatic rings. The number of nitrogens with two attached hydrogens (primary N) is 1. The first-order valence-electron chi connectivity index (χ1n) is 5.71. The first-order valence-corrected chi connectivity index (χ1v) is 5.71. The normalized spacial score (nSPS) is 11.8. The first kappa shape index (κ1) is 15.6. The number of anilines is 2. The van der Waals surface area contributed by atoms with E-state index in [4.69, 9.17) is 5.84 Å². The van der Waals surface area contributed by atoms with Crippen LogP contribution in [-0.4, -0.2) is 17.3 Å². The van der Waals surface area contributed by atoms with Crippen molar-refractivity contribution < 1.29 is 18.3 Å². The van der Waals surface area contributed by atoms with Crippen molar-refractivity contribution in [2.45, 2.75) is 32.8 Å². The van der Waals surface area contributed by atoms with E-state index in [1.807, 2.05) is 0 Å². The van der Waals surface area contributed by atoms with Crippen molar-refractivity contribution in [2.24, 2.45) is 5.84 Å². The third-order valence-electron chi connectivity index (χ3n) is 2.55. The van der Waals surface area contributed by atoms with Crippen LogP contribution in [0.15, 0.2) is 6.07 Å². The number of rotatable bonds is 5. The number of halogens is 3. The maximum Gasteiger partial charge on any atom is 0.268 e. The Bertz CT molecular complexity index is 459. The number of hydrogen-bond donors (Lipinski definition) is 4. The molecule has 0 heterocycles. The van der Waals surface area contributed by atoms with E-state index in [1.54, 1.807) is 0 Å². The number of alkyl halides is 2. The van der Waals surface area contributed by atoms with Crippen LogP contribution in [0.25, 0.3) is 0 Å². The Balaban J connectivity index is 3.29. The Morgan fingerprint density at radius 1 is 1.42 bits per heavy atom. The Hall–Kier alpha value is -1.47. The summed E-state index contributed by atoms with van der Waals surface area (Å²) in [5.41, 5.74) is 0.448. The Kier molecular flexibility index (Phi) is 4.65. The molecule has 5 N–H and O–H groups in total. The molecular formula is C12H18F3N3O. The molecule has 0 aliphatic rings. The summed E-state index contributed by atoms with van der Waals surface area (Å²) in [7, 11) is 0. The van der Waals surface area contributed by atoms with E-state index >= 15 is 0 Å². The molecule has 4 nitrogen and oxygen atoms in total. The molecular weight excluding hydrogens is 259 g/mol. The van der Waals surface area contributed by atoms with Gasteiger partial charge < -0.3 is 15.8 Å². The van der Waals surface area contributed by atoms with Crippen LogP contribution >= 0.6 is 0 Å². The van der Waals surface area contributed by atoms with Crippen LogP contribution in [0.5, 0.6) is 0 Å². The van der Waals surface area contributed by atoms with Crippen molar-refractivity contribution in [1.29, 1.82) is 0 Å². The SMILES string of the molecule is Cc1cc(NN)c(NCC(C)(C)O)c(C(F)F)c1F. The molecule has 1 aromatic carbocycles. The fourth-order valence-corrected chi connectivity index (χ4v) is 1.63. The number of aryl methyl sites for hydroxylation is 1. The third-order valence-corrected chi connectivity index (χ3v) is 2.55. The van der Waals surface area contributed by atoms with Crippen molar-refractivity contribution in [1.82, 2.24) is 0 Å². The molecule has 0 spiro atoms. The van der Waals surface area contributed by atoms with Gasteiger partial charge in [-0.3, -0.25) is 5.84 Å². The zero-order valence-electron chi connectivity index (χ0n) is 11.0. The second-order valence-corrected chi connectivity index (χ2v) is 4.95. The van der Waals surface area contributed by atoms with Crippen LogP contribution in [-0.2, 0) is 0 Å². The highest BCUT2D eigenvalue weighted by atomic mass is 19.3. The van der Waals surface area contributed by atoms with Gasteiger partial charge in [-0.2, -0.15) is 0 Å². The predicted molar refractivity (Wildman–Crippen MR) is 68.7 cm³/mol. The van der Waals surface area contributed by atoms with Gasteiger partial charge in [-0.25, -0.2) is 13.2 Å². The summed E-state index contributed by atoms with van der Waals surface area (Å²) in [5, 5.41) is 12.2. The fourth-order valence-electron chi connectivity index (χ4n) is 1.63. The van der Waals surface area contributed by atoms with E-state index in [0.717, 1.165) is 0 Å². The van der Waals surface area contributed by atoms with Crippen molar-refractivity contribution in [3.8, 4) is 0 Å². The molecule has 0 saturated heterocycles. The molecule has 0 amide bonds. The molecule has 0 aromatic heterocycles. The Morgan fingerprint density at radius 2 is 2.00 bits per heavy atom. The average molecular weight is 277 g/mol. The minimum atomic E-state index is -2.99. The van der Waals surface area contributed by atoms with Gasteiger partial charge in [0.2, 0.25) is 0 Å². The lowest BCUT2D eigenvalue weighted by molar-refractivity contribution is 0.0942. The molecule has 0 saturated carbocycles. The molecule has 0 atom stereocenters. The van der Waals surface area contributed by atoms with Gasteiger partial charge in [-0.05, 0) is 32.4 Å². The first-order chi connectivity index (χ1) is 8.67. The lowest BCUT2D eigenvalue weighted by atomic mass is 10.0. The van der Waals surface area contributed by atoms with Crippen LogP contribution < -0.4 is 16.6 Å². The van der Waals surface area contributed by atoms with Gasteiger partial charge in [0, 0.05) is 6.54 Å². The second-order valence-electron chi connectivity index (χ2n) is 4.95. The maximum atomic E-state index is 13.8. The summed E-state index contributed by atoms with van der Waals surface area (Å²) in [5.74, 6) is 4.28. The van der Waals surface area contributed by atoms with E-state index < -0.39 is 23.4 Å². The minimum Gasteiger partial charge on any atom is -0.389 e. The minimum absolute atomic E-state index is 0.0239. The smallest absolute Gasteiger partial charge is 0.268 e. The van der Waals surface area contributed by atoms with E-state index in [-0.39, 0.29) is 23.5 Å². The monoisotopic (exact) mass is 277 g/mol. The number of nitrogen functional groups attached to an aromatic ring is 1. The zero-order valence-corrected chi connectivity index (χ0v) is 11.0. The van der Waals surface area contributed by atoms with Gasteiger partial charge in [0.25, 0.3) is 6.43 Å². The summed E-state index contributed by atoms with van der Waals surface area (Å²) >= 11 is 0. The van der Waals surface area contributed by atoms with Crippen LogP contribution in [0.1, 0.15) is 31.4 Å².